The van der Waals surface area contributed by atoms with Gasteiger partial charge in [-0.15, -0.1) is 0 Å². The molecule has 0 spiro atoms. The molecular weight excluding hydrogens is 192 g/mol. The lowest BCUT2D eigenvalue weighted by atomic mass is 9.85. The van der Waals surface area contributed by atoms with Crippen molar-refractivity contribution >= 4 is 10.8 Å². The van der Waals surface area contributed by atoms with Crippen LogP contribution in [0.1, 0.15) is 31.9 Å². The van der Waals surface area contributed by atoms with Gasteiger partial charge >= 0.3 is 0 Å². The maximum atomic E-state index is 2.34. The number of aryl methyl sites for hydroxylation is 1. The fourth-order valence-corrected chi connectivity index (χ4v) is 2.16. The maximum absolute atomic E-state index is 2.34. The highest BCUT2D eigenvalue weighted by Crippen LogP contribution is 2.26. The van der Waals surface area contributed by atoms with Crippen molar-refractivity contribution in [2.24, 2.45) is 5.41 Å². The number of hydrogen-bond donors (Lipinski definition) is 0. The molecule has 0 nitrogen and oxygen atoms in total. The normalized spacial score (nSPS) is 12.0. The minimum absolute atomic E-state index is 0.354. The van der Waals surface area contributed by atoms with Crippen LogP contribution in [-0.4, -0.2) is 0 Å². The third-order valence-electron chi connectivity index (χ3n) is 2.93. The minimum Gasteiger partial charge on any atom is -0.0616 e. The van der Waals surface area contributed by atoms with Crippen molar-refractivity contribution < 1.29 is 0 Å². The van der Waals surface area contributed by atoms with E-state index in [9.17, 15) is 0 Å². The SMILES string of the molecule is Cc1cc2ccccc2cc1CC(C)(C)C. The molecule has 0 atom stereocenters. The van der Waals surface area contributed by atoms with Crippen molar-refractivity contribution in [3.63, 3.8) is 0 Å². The quantitative estimate of drug-likeness (QED) is 0.640. The third-order valence-corrected chi connectivity index (χ3v) is 2.93. The predicted molar refractivity (Wildman–Crippen MR) is 71.8 cm³/mol. The molecule has 0 unspecified atom stereocenters. The highest BCUT2D eigenvalue weighted by molar-refractivity contribution is 5.84. The highest BCUT2D eigenvalue weighted by Gasteiger charge is 2.13. The Morgan fingerprint density at radius 3 is 2.06 bits per heavy atom. The van der Waals surface area contributed by atoms with Crippen LogP contribution in [0, 0.1) is 12.3 Å². The number of fused-ring (bicyclic) bond motifs is 1. The molecule has 2 aromatic rings. The van der Waals surface area contributed by atoms with Crippen molar-refractivity contribution in [2.45, 2.75) is 34.1 Å². The summed E-state index contributed by atoms with van der Waals surface area (Å²) in [5.41, 5.74) is 3.24. The number of benzene rings is 2. The Morgan fingerprint density at radius 2 is 1.50 bits per heavy atom. The van der Waals surface area contributed by atoms with Gasteiger partial charge < -0.3 is 0 Å². The van der Waals surface area contributed by atoms with Gasteiger partial charge in [-0.25, -0.2) is 0 Å². The minimum atomic E-state index is 0.354. The van der Waals surface area contributed by atoms with E-state index >= 15 is 0 Å². The number of hydrogen-bond acceptors (Lipinski definition) is 0. The Labute approximate surface area is 98.3 Å². The highest BCUT2D eigenvalue weighted by atomic mass is 14.2. The second-order valence-corrected chi connectivity index (χ2v) is 5.86. The molecule has 0 aliphatic heterocycles. The molecule has 0 aliphatic carbocycles. The van der Waals surface area contributed by atoms with E-state index in [2.05, 4.69) is 64.1 Å². The first-order valence-corrected chi connectivity index (χ1v) is 5.94. The van der Waals surface area contributed by atoms with Gasteiger partial charge in [0.2, 0.25) is 0 Å². The second kappa shape index (κ2) is 3.93. The molecule has 0 heterocycles. The summed E-state index contributed by atoms with van der Waals surface area (Å²) in [6.45, 7) is 9.10. The average Bonchev–Trinajstić information content (AvgIpc) is 2.17. The van der Waals surface area contributed by atoms with Gasteiger partial charge in [-0.1, -0.05) is 57.2 Å². The molecule has 16 heavy (non-hydrogen) atoms. The molecule has 0 bridgehead atoms. The molecule has 0 amide bonds. The van der Waals surface area contributed by atoms with E-state index in [-0.39, 0.29) is 0 Å². The third kappa shape index (κ3) is 2.44. The molecule has 0 saturated carbocycles. The summed E-state index contributed by atoms with van der Waals surface area (Å²) < 4.78 is 0. The molecule has 0 heteroatoms. The molecule has 0 radical (unpaired) electrons. The van der Waals surface area contributed by atoms with Crippen LogP contribution in [0.5, 0.6) is 0 Å². The topological polar surface area (TPSA) is 0 Å². The zero-order valence-corrected chi connectivity index (χ0v) is 10.7. The van der Waals surface area contributed by atoms with Gasteiger partial charge in [0, 0.05) is 0 Å². The Hall–Kier alpha value is -1.30. The van der Waals surface area contributed by atoms with Crippen molar-refractivity contribution in [2.75, 3.05) is 0 Å². The smallest absolute Gasteiger partial charge is 0.0181 e. The summed E-state index contributed by atoms with van der Waals surface area (Å²) >= 11 is 0. The van der Waals surface area contributed by atoms with Gasteiger partial charge in [0.1, 0.15) is 0 Å². The molecule has 84 valence electrons. The summed E-state index contributed by atoms with van der Waals surface area (Å²) in [6.07, 6.45) is 1.14. The van der Waals surface area contributed by atoms with Gasteiger partial charge in [-0.2, -0.15) is 0 Å². The lowest BCUT2D eigenvalue weighted by Crippen LogP contribution is -2.10. The molecular formula is C16H20. The fourth-order valence-electron chi connectivity index (χ4n) is 2.16. The Kier molecular flexibility index (Phi) is 2.75. The molecule has 2 rings (SSSR count). The van der Waals surface area contributed by atoms with Crippen LogP contribution < -0.4 is 0 Å². The second-order valence-electron chi connectivity index (χ2n) is 5.86. The van der Waals surface area contributed by atoms with E-state index in [0.717, 1.165) is 6.42 Å². The average molecular weight is 212 g/mol. The van der Waals surface area contributed by atoms with E-state index in [4.69, 9.17) is 0 Å². The molecule has 2 aromatic carbocycles. The Morgan fingerprint density at radius 1 is 0.938 bits per heavy atom. The van der Waals surface area contributed by atoms with Crippen LogP contribution in [0.25, 0.3) is 10.8 Å². The van der Waals surface area contributed by atoms with Crippen molar-refractivity contribution in [1.82, 2.24) is 0 Å². The maximum Gasteiger partial charge on any atom is -0.0181 e. The van der Waals surface area contributed by atoms with Crippen molar-refractivity contribution in [1.29, 1.82) is 0 Å². The van der Waals surface area contributed by atoms with Crippen LogP contribution >= 0.6 is 0 Å². The predicted octanol–water partition coefficient (Wildman–Crippen LogP) is 4.74. The van der Waals surface area contributed by atoms with Crippen LogP contribution in [0.15, 0.2) is 36.4 Å². The molecule has 0 saturated heterocycles. The zero-order chi connectivity index (χ0) is 11.8. The summed E-state index contributed by atoms with van der Waals surface area (Å²) in [5.74, 6) is 0. The summed E-state index contributed by atoms with van der Waals surface area (Å²) in [4.78, 5) is 0. The van der Waals surface area contributed by atoms with Crippen molar-refractivity contribution in [3.05, 3.63) is 47.5 Å². The van der Waals surface area contributed by atoms with E-state index < -0.39 is 0 Å². The van der Waals surface area contributed by atoms with E-state index in [1.54, 1.807) is 0 Å². The summed E-state index contributed by atoms with van der Waals surface area (Å²) in [6, 6.07) is 13.2. The first kappa shape index (κ1) is 11.2. The van der Waals surface area contributed by atoms with Crippen LogP contribution in [0.4, 0.5) is 0 Å². The van der Waals surface area contributed by atoms with Crippen LogP contribution in [0.3, 0.4) is 0 Å². The van der Waals surface area contributed by atoms with Gasteiger partial charge in [0.25, 0.3) is 0 Å². The lowest BCUT2D eigenvalue weighted by molar-refractivity contribution is 0.410. The Bertz CT molecular complexity index is 501. The first-order valence-electron chi connectivity index (χ1n) is 5.94. The molecule has 0 aromatic heterocycles. The lowest BCUT2D eigenvalue weighted by Gasteiger charge is -2.20. The van der Waals surface area contributed by atoms with Gasteiger partial charge in [-0.05, 0) is 40.7 Å². The van der Waals surface area contributed by atoms with Crippen LogP contribution in [0.2, 0.25) is 0 Å². The molecule has 0 N–H and O–H groups in total. The fraction of sp³-hybridized carbons (Fsp3) is 0.375. The van der Waals surface area contributed by atoms with Crippen LogP contribution in [-0.2, 0) is 6.42 Å². The summed E-state index contributed by atoms with van der Waals surface area (Å²) in [7, 11) is 0. The van der Waals surface area contributed by atoms with Gasteiger partial charge in [0.05, 0.1) is 0 Å². The zero-order valence-electron chi connectivity index (χ0n) is 10.7. The first-order chi connectivity index (χ1) is 7.46. The molecule has 0 fully saturated rings. The monoisotopic (exact) mass is 212 g/mol. The van der Waals surface area contributed by atoms with E-state index in [0.29, 0.717) is 5.41 Å². The standard InChI is InChI=1S/C16H20/c1-12-9-13-7-5-6-8-14(13)10-15(12)11-16(2,3)4/h5-10H,11H2,1-4H3. The molecule has 0 aliphatic rings. The van der Waals surface area contributed by atoms with Gasteiger partial charge in [0.15, 0.2) is 0 Å². The summed E-state index contributed by atoms with van der Waals surface area (Å²) in [5, 5.41) is 2.70. The van der Waals surface area contributed by atoms with E-state index in [1.165, 1.54) is 21.9 Å². The van der Waals surface area contributed by atoms with E-state index in [1.807, 2.05) is 0 Å². The largest absolute Gasteiger partial charge is 0.0616 e. The Balaban J connectivity index is 2.50. The number of rotatable bonds is 1. The van der Waals surface area contributed by atoms with Gasteiger partial charge in [-0.3, -0.25) is 0 Å². The van der Waals surface area contributed by atoms with Crippen molar-refractivity contribution in [3.8, 4) is 0 Å².